The molecule has 1 aromatic heterocycles. The van der Waals surface area contributed by atoms with E-state index < -0.39 is 0 Å². The molecule has 1 nitrogen and oxygen atoms in total. The number of hydrogen-bond donors (Lipinski definition) is 0. The summed E-state index contributed by atoms with van der Waals surface area (Å²) < 4.78 is 2.48. The minimum Gasteiger partial charge on any atom is -0.309 e. The Morgan fingerprint density at radius 2 is 1.31 bits per heavy atom. The first-order valence-corrected chi connectivity index (χ1v) is 12.5. The fourth-order valence-electron chi connectivity index (χ4n) is 6.81. The van der Waals surface area contributed by atoms with Crippen molar-refractivity contribution in [3.8, 4) is 27.9 Å². The number of para-hydroxylation sites is 1. The molecule has 0 bridgehead atoms. The summed E-state index contributed by atoms with van der Waals surface area (Å²) in [6.45, 7) is 4.72. The van der Waals surface area contributed by atoms with Crippen LogP contribution in [-0.2, 0) is 11.8 Å². The Kier molecular flexibility index (Phi) is 3.58. The van der Waals surface area contributed by atoms with E-state index in [2.05, 4.69) is 122 Å². The highest BCUT2D eigenvalue weighted by Crippen LogP contribution is 2.50. The van der Waals surface area contributed by atoms with Gasteiger partial charge in [0.2, 0.25) is 0 Å². The highest BCUT2D eigenvalue weighted by molar-refractivity contribution is 6.13. The monoisotopic (exact) mass is 447 g/mol. The van der Waals surface area contributed by atoms with E-state index in [1.165, 1.54) is 72.0 Å². The third kappa shape index (κ3) is 2.38. The molecule has 1 heterocycles. The van der Waals surface area contributed by atoms with E-state index in [0.717, 1.165) is 6.42 Å². The third-order valence-corrected chi connectivity index (χ3v) is 8.45. The first kappa shape index (κ1) is 19.2. The smallest absolute Gasteiger partial charge is 0.0544 e. The van der Waals surface area contributed by atoms with E-state index in [-0.39, 0.29) is 5.41 Å². The largest absolute Gasteiger partial charge is 0.309 e. The molecule has 0 amide bonds. The highest BCUT2D eigenvalue weighted by atomic mass is 15.0. The molecule has 166 valence electrons. The number of benzene rings is 5. The Hall–Kier alpha value is -4.10. The van der Waals surface area contributed by atoms with Gasteiger partial charge in [0.25, 0.3) is 0 Å². The van der Waals surface area contributed by atoms with Crippen molar-refractivity contribution in [1.29, 1.82) is 0 Å². The zero-order chi connectivity index (χ0) is 23.3. The van der Waals surface area contributed by atoms with E-state index in [9.17, 15) is 0 Å². The van der Waals surface area contributed by atoms with Crippen molar-refractivity contribution in [3.05, 3.63) is 125 Å². The van der Waals surface area contributed by atoms with E-state index in [1.807, 2.05) is 0 Å². The van der Waals surface area contributed by atoms with Crippen molar-refractivity contribution in [2.24, 2.45) is 0 Å². The van der Waals surface area contributed by atoms with Crippen LogP contribution in [0.5, 0.6) is 0 Å². The zero-order valence-electron chi connectivity index (χ0n) is 20.0. The van der Waals surface area contributed by atoms with E-state index >= 15 is 0 Å². The summed E-state index contributed by atoms with van der Waals surface area (Å²) in [7, 11) is 0. The number of nitrogens with zero attached hydrogens (tertiary/aromatic N) is 1. The normalized spacial score (nSPS) is 14.7. The summed E-state index contributed by atoms with van der Waals surface area (Å²) in [5, 5.41) is 2.74. The molecule has 0 aliphatic heterocycles. The van der Waals surface area contributed by atoms with Crippen LogP contribution < -0.4 is 0 Å². The molecule has 0 unspecified atom stereocenters. The van der Waals surface area contributed by atoms with Gasteiger partial charge in [0, 0.05) is 21.9 Å². The molecule has 0 N–H and O–H groups in total. The van der Waals surface area contributed by atoms with Gasteiger partial charge < -0.3 is 4.57 Å². The second kappa shape index (κ2) is 6.52. The molecule has 1 heteroatoms. The molecule has 0 saturated carbocycles. The summed E-state index contributed by atoms with van der Waals surface area (Å²) in [6, 6.07) is 38.4. The van der Waals surface area contributed by atoms with E-state index in [0.29, 0.717) is 0 Å². The Bertz CT molecular complexity index is 1850. The van der Waals surface area contributed by atoms with Crippen LogP contribution in [0.1, 0.15) is 36.1 Å². The van der Waals surface area contributed by atoms with Crippen LogP contribution in [0.2, 0.25) is 0 Å². The average Bonchev–Trinajstić information content (AvgIpc) is 3.50. The number of aromatic nitrogens is 1. The maximum Gasteiger partial charge on any atom is 0.0544 e. The van der Waals surface area contributed by atoms with Crippen LogP contribution in [0.25, 0.3) is 49.7 Å². The van der Waals surface area contributed by atoms with Gasteiger partial charge in [0.15, 0.2) is 0 Å². The van der Waals surface area contributed by atoms with Gasteiger partial charge in [-0.25, -0.2) is 0 Å². The molecule has 2 aliphatic carbocycles. The van der Waals surface area contributed by atoms with E-state index in [1.54, 1.807) is 0 Å². The predicted molar refractivity (Wildman–Crippen MR) is 147 cm³/mol. The van der Waals surface area contributed by atoms with Crippen molar-refractivity contribution in [2.75, 3.05) is 0 Å². The van der Waals surface area contributed by atoms with Gasteiger partial charge in [-0.3, -0.25) is 0 Å². The molecule has 6 aromatic rings. The number of fused-ring (bicyclic) bond motifs is 10. The summed E-state index contributed by atoms with van der Waals surface area (Å²) in [5.41, 5.74) is 15.1. The van der Waals surface area contributed by atoms with Crippen molar-refractivity contribution in [2.45, 2.75) is 25.7 Å². The van der Waals surface area contributed by atoms with Crippen LogP contribution in [-0.4, -0.2) is 4.57 Å². The van der Waals surface area contributed by atoms with Crippen LogP contribution in [0.3, 0.4) is 0 Å². The first-order valence-electron chi connectivity index (χ1n) is 12.5. The molecule has 0 saturated heterocycles. The number of hydrogen-bond acceptors (Lipinski definition) is 0. The van der Waals surface area contributed by atoms with Crippen LogP contribution in [0, 0.1) is 0 Å². The molecule has 0 atom stereocenters. The fourth-order valence-corrected chi connectivity index (χ4v) is 6.81. The third-order valence-electron chi connectivity index (χ3n) is 8.45. The molecular formula is C34H25N. The lowest BCUT2D eigenvalue weighted by Gasteiger charge is -2.22. The topological polar surface area (TPSA) is 4.93 Å². The second-order valence-electron chi connectivity index (χ2n) is 10.6. The Labute approximate surface area is 205 Å². The molecule has 8 rings (SSSR count). The Morgan fingerprint density at radius 1 is 0.600 bits per heavy atom. The SMILES string of the molecule is CC1(C)c2ccccc2-c2ccc(-n3c4ccccc4c4c5c(ccc43)-c3ccccc3C5)cc21. The minimum atomic E-state index is -0.0103. The highest BCUT2D eigenvalue weighted by Gasteiger charge is 2.35. The van der Waals surface area contributed by atoms with Gasteiger partial charge >= 0.3 is 0 Å². The molecule has 35 heavy (non-hydrogen) atoms. The Morgan fingerprint density at radius 3 is 2.23 bits per heavy atom. The molecule has 0 radical (unpaired) electrons. The van der Waals surface area contributed by atoms with Crippen molar-refractivity contribution < 1.29 is 0 Å². The van der Waals surface area contributed by atoms with Gasteiger partial charge in [-0.15, -0.1) is 0 Å². The molecule has 5 aromatic carbocycles. The zero-order valence-corrected chi connectivity index (χ0v) is 20.0. The maximum absolute atomic E-state index is 2.48. The van der Waals surface area contributed by atoms with Crippen LogP contribution >= 0.6 is 0 Å². The second-order valence-corrected chi connectivity index (χ2v) is 10.6. The summed E-state index contributed by atoms with van der Waals surface area (Å²) in [6.07, 6.45) is 1.00. The van der Waals surface area contributed by atoms with Crippen LogP contribution in [0.4, 0.5) is 0 Å². The average molecular weight is 448 g/mol. The van der Waals surface area contributed by atoms with Gasteiger partial charge in [-0.1, -0.05) is 92.7 Å². The van der Waals surface area contributed by atoms with Crippen molar-refractivity contribution >= 4 is 21.8 Å². The molecule has 2 aliphatic rings. The van der Waals surface area contributed by atoms with Gasteiger partial charge in [0.05, 0.1) is 11.0 Å². The van der Waals surface area contributed by atoms with Crippen LogP contribution in [0.15, 0.2) is 103 Å². The van der Waals surface area contributed by atoms with Gasteiger partial charge in [0.1, 0.15) is 0 Å². The van der Waals surface area contributed by atoms with E-state index in [4.69, 9.17) is 0 Å². The maximum atomic E-state index is 2.48. The summed E-state index contributed by atoms with van der Waals surface area (Å²) >= 11 is 0. The standard InChI is InChI=1S/C34H25N/c1-34(2)29-13-7-5-11-25(29)26-16-15-22(20-30(26)34)35-31-14-8-6-12-27(31)33-28-19-21-9-3-4-10-23(21)24(28)17-18-32(33)35/h3-18,20H,19H2,1-2H3. The molecule has 0 spiro atoms. The molecule has 0 fully saturated rings. The first-order chi connectivity index (χ1) is 17.1. The quantitative estimate of drug-likeness (QED) is 0.237. The predicted octanol–water partition coefficient (Wildman–Crippen LogP) is 8.66. The lowest BCUT2D eigenvalue weighted by molar-refractivity contribution is 0.660. The Balaban J connectivity index is 1.42. The minimum absolute atomic E-state index is 0.0103. The lowest BCUT2D eigenvalue weighted by atomic mass is 9.82. The van der Waals surface area contributed by atoms with Gasteiger partial charge in [-0.05, 0) is 75.2 Å². The number of rotatable bonds is 1. The summed E-state index contributed by atoms with van der Waals surface area (Å²) in [5.74, 6) is 0. The molecular weight excluding hydrogens is 422 g/mol. The summed E-state index contributed by atoms with van der Waals surface area (Å²) in [4.78, 5) is 0. The fraction of sp³-hybridized carbons (Fsp3) is 0.118. The van der Waals surface area contributed by atoms with Gasteiger partial charge in [-0.2, -0.15) is 0 Å². The van der Waals surface area contributed by atoms with Crippen molar-refractivity contribution in [3.63, 3.8) is 0 Å². The van der Waals surface area contributed by atoms with Crippen molar-refractivity contribution in [1.82, 2.24) is 4.57 Å². The lowest BCUT2D eigenvalue weighted by Crippen LogP contribution is -2.15.